The molecule has 7 heteroatoms. The van der Waals surface area contributed by atoms with Crippen LogP contribution in [-0.4, -0.2) is 30.2 Å². The van der Waals surface area contributed by atoms with Gasteiger partial charge in [-0.3, -0.25) is 0 Å². The predicted molar refractivity (Wildman–Crippen MR) is 71.3 cm³/mol. The lowest BCUT2D eigenvalue weighted by Crippen LogP contribution is -2.08. The van der Waals surface area contributed by atoms with Crippen LogP contribution in [-0.2, 0) is 20.4 Å². The largest absolute Gasteiger partial charge is 0.478 e. The van der Waals surface area contributed by atoms with Crippen LogP contribution in [0.3, 0.4) is 0 Å². The summed E-state index contributed by atoms with van der Waals surface area (Å²) >= 11 is 1.21. The van der Waals surface area contributed by atoms with Crippen LogP contribution in [0.5, 0.6) is 0 Å². The average Bonchev–Trinajstić information content (AvgIpc) is 2.54. The van der Waals surface area contributed by atoms with E-state index in [9.17, 15) is 13.2 Å². The van der Waals surface area contributed by atoms with Gasteiger partial charge in [0.1, 0.15) is 10.8 Å². The van der Waals surface area contributed by atoms with Gasteiger partial charge in [0.2, 0.25) is 0 Å². The van der Waals surface area contributed by atoms with Gasteiger partial charge in [0, 0.05) is 6.08 Å². The lowest BCUT2D eigenvalue weighted by molar-refractivity contribution is -0.131. The van der Waals surface area contributed by atoms with Crippen molar-refractivity contribution < 1.29 is 18.3 Å². The Morgan fingerprint density at radius 1 is 1.50 bits per heavy atom. The van der Waals surface area contributed by atoms with E-state index < -0.39 is 15.8 Å². The summed E-state index contributed by atoms with van der Waals surface area (Å²) in [6, 6.07) is 0. The number of aromatic nitrogens is 1. The molecule has 0 aromatic carbocycles. The van der Waals surface area contributed by atoms with Gasteiger partial charge in [0.25, 0.3) is 0 Å². The monoisotopic (exact) mass is 289 g/mol. The first-order chi connectivity index (χ1) is 8.34. The minimum Gasteiger partial charge on any atom is -0.478 e. The van der Waals surface area contributed by atoms with E-state index in [0.29, 0.717) is 22.0 Å². The number of hydrogen-bond acceptors (Lipinski definition) is 5. The molecule has 1 N–H and O–H groups in total. The number of sulfone groups is 1. The smallest absolute Gasteiger partial charge is 0.328 e. The number of carboxylic acid groups (broad SMARTS) is 1. The molecule has 1 aromatic heterocycles. The number of aryl methyl sites for hydroxylation is 1. The Labute approximate surface area is 110 Å². The fraction of sp³-hybridized carbons (Fsp3) is 0.455. The Kier molecular flexibility index (Phi) is 5.03. The molecule has 5 nitrogen and oxygen atoms in total. The number of hydrogen-bond donors (Lipinski definition) is 1. The van der Waals surface area contributed by atoms with E-state index in [1.54, 1.807) is 6.92 Å². The van der Waals surface area contributed by atoms with Crippen LogP contribution in [0.4, 0.5) is 0 Å². The third kappa shape index (κ3) is 4.58. The molecule has 1 rings (SSSR count). The number of carboxylic acids is 1. The highest BCUT2D eigenvalue weighted by atomic mass is 32.2. The summed E-state index contributed by atoms with van der Waals surface area (Å²) < 4.78 is 23.3. The van der Waals surface area contributed by atoms with Crippen molar-refractivity contribution in [2.75, 3.05) is 5.75 Å². The summed E-state index contributed by atoms with van der Waals surface area (Å²) in [7, 11) is -3.11. The van der Waals surface area contributed by atoms with E-state index in [4.69, 9.17) is 5.11 Å². The molecular formula is C11H15NO4S2. The molecule has 0 amide bonds. The molecule has 0 aliphatic heterocycles. The molecule has 0 fully saturated rings. The van der Waals surface area contributed by atoms with Crippen molar-refractivity contribution in [2.45, 2.75) is 26.0 Å². The summed E-state index contributed by atoms with van der Waals surface area (Å²) in [6.07, 6.45) is 3.04. The van der Waals surface area contributed by atoms with Crippen LogP contribution in [0.25, 0.3) is 6.08 Å². The molecular weight excluding hydrogens is 274 g/mol. The third-order valence-electron chi connectivity index (χ3n) is 2.11. The van der Waals surface area contributed by atoms with E-state index >= 15 is 0 Å². The number of aliphatic carboxylic acids is 1. The molecule has 0 unspecified atom stereocenters. The Morgan fingerprint density at radius 2 is 2.17 bits per heavy atom. The van der Waals surface area contributed by atoms with Crippen LogP contribution in [0.15, 0.2) is 6.08 Å². The Balaban J connectivity index is 2.88. The van der Waals surface area contributed by atoms with Gasteiger partial charge < -0.3 is 5.11 Å². The second kappa shape index (κ2) is 6.10. The zero-order chi connectivity index (χ0) is 13.8. The molecule has 0 aliphatic carbocycles. The minimum atomic E-state index is -3.11. The van der Waals surface area contributed by atoms with Crippen molar-refractivity contribution in [2.24, 2.45) is 0 Å². The van der Waals surface area contributed by atoms with Crippen LogP contribution >= 0.6 is 11.3 Å². The highest BCUT2D eigenvalue weighted by Gasteiger charge is 2.15. The maximum Gasteiger partial charge on any atom is 0.328 e. The first-order valence-corrected chi connectivity index (χ1v) is 8.05. The highest BCUT2D eigenvalue weighted by molar-refractivity contribution is 7.90. The maximum atomic E-state index is 11.6. The van der Waals surface area contributed by atoms with E-state index in [2.05, 4.69) is 4.98 Å². The predicted octanol–water partition coefficient (Wildman–Crippen LogP) is 1.87. The van der Waals surface area contributed by atoms with Gasteiger partial charge in [-0.05, 0) is 19.4 Å². The highest BCUT2D eigenvalue weighted by Crippen LogP contribution is 2.21. The van der Waals surface area contributed by atoms with Crippen LogP contribution in [0.1, 0.15) is 28.9 Å². The molecule has 1 aromatic rings. The molecule has 0 saturated heterocycles. The van der Waals surface area contributed by atoms with Crippen molar-refractivity contribution in [3.63, 3.8) is 0 Å². The normalized spacial score (nSPS) is 12.1. The van der Waals surface area contributed by atoms with Crippen LogP contribution in [0, 0.1) is 6.92 Å². The SMILES string of the molecule is CCCS(=O)(=O)Cc1nc(C)c(/C=C/C(=O)O)s1. The van der Waals surface area contributed by atoms with Crippen molar-refractivity contribution in [3.05, 3.63) is 21.7 Å². The topological polar surface area (TPSA) is 84.3 Å². The average molecular weight is 289 g/mol. The second-order valence-corrected chi connectivity index (χ2v) is 7.12. The molecule has 0 radical (unpaired) electrons. The van der Waals surface area contributed by atoms with Crippen LogP contribution < -0.4 is 0 Å². The van der Waals surface area contributed by atoms with Gasteiger partial charge in [-0.1, -0.05) is 6.92 Å². The molecule has 0 spiro atoms. The quantitative estimate of drug-likeness (QED) is 0.808. The van der Waals surface area contributed by atoms with Gasteiger partial charge in [0.15, 0.2) is 9.84 Å². The number of rotatable bonds is 6. The summed E-state index contributed by atoms with van der Waals surface area (Å²) in [4.78, 5) is 15.2. The van der Waals surface area contributed by atoms with Crippen LogP contribution in [0.2, 0.25) is 0 Å². The lowest BCUT2D eigenvalue weighted by atomic mass is 10.3. The van der Waals surface area contributed by atoms with E-state index in [0.717, 1.165) is 6.08 Å². The molecule has 18 heavy (non-hydrogen) atoms. The molecule has 0 bridgehead atoms. The van der Waals surface area contributed by atoms with E-state index in [-0.39, 0.29) is 11.5 Å². The summed E-state index contributed by atoms with van der Waals surface area (Å²) in [5.74, 6) is -0.970. The standard InChI is InChI=1S/C11H15NO4S2/c1-3-6-18(15,16)7-10-12-8(2)9(17-10)4-5-11(13)14/h4-5H,3,6-7H2,1-2H3,(H,13,14)/b5-4+. The summed E-state index contributed by atoms with van der Waals surface area (Å²) in [5.41, 5.74) is 0.652. The van der Waals surface area contributed by atoms with Gasteiger partial charge in [-0.15, -0.1) is 11.3 Å². The summed E-state index contributed by atoms with van der Waals surface area (Å²) in [6.45, 7) is 3.54. The zero-order valence-electron chi connectivity index (χ0n) is 10.2. The number of thiazole rings is 1. The van der Waals surface area contributed by atoms with E-state index in [1.165, 1.54) is 17.4 Å². The Morgan fingerprint density at radius 3 is 2.72 bits per heavy atom. The minimum absolute atomic E-state index is 0.0761. The maximum absolute atomic E-state index is 11.6. The molecule has 100 valence electrons. The van der Waals surface area contributed by atoms with E-state index in [1.807, 2.05) is 6.92 Å². The molecule has 0 aliphatic rings. The van der Waals surface area contributed by atoms with Gasteiger partial charge in [0.05, 0.1) is 16.3 Å². The van der Waals surface area contributed by atoms with Crippen molar-refractivity contribution in [1.82, 2.24) is 4.98 Å². The summed E-state index contributed by atoms with van der Waals surface area (Å²) in [5, 5.41) is 9.04. The van der Waals surface area contributed by atoms with Crippen molar-refractivity contribution in [3.8, 4) is 0 Å². The van der Waals surface area contributed by atoms with Crippen molar-refractivity contribution >= 4 is 33.2 Å². The number of carbonyl (C=O) groups is 1. The first kappa shape index (κ1) is 14.8. The Bertz CT molecular complexity index is 558. The fourth-order valence-corrected chi connectivity index (χ4v) is 4.15. The molecule has 1 heterocycles. The first-order valence-electron chi connectivity index (χ1n) is 5.42. The van der Waals surface area contributed by atoms with Gasteiger partial charge in [-0.2, -0.15) is 0 Å². The molecule has 0 saturated carbocycles. The third-order valence-corrected chi connectivity index (χ3v) is 5.16. The Hall–Kier alpha value is -1.21. The van der Waals surface area contributed by atoms with Gasteiger partial charge >= 0.3 is 5.97 Å². The second-order valence-electron chi connectivity index (χ2n) is 3.82. The van der Waals surface area contributed by atoms with Crippen molar-refractivity contribution in [1.29, 1.82) is 0 Å². The zero-order valence-corrected chi connectivity index (χ0v) is 11.8. The van der Waals surface area contributed by atoms with Gasteiger partial charge in [-0.25, -0.2) is 18.2 Å². The number of nitrogens with zero attached hydrogens (tertiary/aromatic N) is 1. The fourth-order valence-electron chi connectivity index (χ4n) is 1.40. The molecule has 0 atom stereocenters. The lowest BCUT2D eigenvalue weighted by Gasteiger charge is -1.98.